The number of rotatable bonds is 6. The van der Waals surface area contributed by atoms with Gasteiger partial charge in [-0.3, -0.25) is 0 Å². The van der Waals surface area contributed by atoms with Gasteiger partial charge >= 0.3 is 0 Å². The number of hydrogen-bond acceptors (Lipinski definition) is 4. The Bertz CT molecular complexity index is 470. The van der Waals surface area contributed by atoms with Crippen molar-refractivity contribution >= 4 is 11.3 Å². The number of nitrogens with two attached hydrogens (primary N) is 1. The van der Waals surface area contributed by atoms with Gasteiger partial charge in [-0.1, -0.05) is 18.2 Å². The second-order valence-electron chi connectivity index (χ2n) is 4.16. The van der Waals surface area contributed by atoms with Gasteiger partial charge in [-0.05, 0) is 36.5 Å². The fourth-order valence-corrected chi connectivity index (χ4v) is 2.53. The normalized spacial score (nSPS) is 12.3. The van der Waals surface area contributed by atoms with Gasteiger partial charge in [-0.2, -0.15) is 0 Å². The van der Waals surface area contributed by atoms with Gasteiger partial charge < -0.3 is 15.6 Å². The molecule has 0 spiro atoms. The lowest BCUT2D eigenvalue weighted by atomic mass is 10.1. The summed E-state index contributed by atoms with van der Waals surface area (Å²) in [6.45, 7) is 1.09. The summed E-state index contributed by atoms with van der Waals surface area (Å²) in [6, 6.07) is 11.1. The number of phenolic OH excluding ortho intramolecular Hbond substituents is 1. The van der Waals surface area contributed by atoms with Crippen molar-refractivity contribution in [3.8, 4) is 11.5 Å². The summed E-state index contributed by atoms with van der Waals surface area (Å²) in [7, 11) is 0. The Kier molecular flexibility index (Phi) is 4.61. The highest BCUT2D eigenvalue weighted by molar-refractivity contribution is 7.09. The van der Waals surface area contributed by atoms with Crippen molar-refractivity contribution < 1.29 is 9.84 Å². The first-order valence-electron chi connectivity index (χ1n) is 5.93. The fraction of sp³-hybridized carbons (Fsp3) is 0.286. The highest BCUT2D eigenvalue weighted by atomic mass is 32.1. The number of phenols is 1. The van der Waals surface area contributed by atoms with Crippen LogP contribution in [0.25, 0.3) is 0 Å². The van der Waals surface area contributed by atoms with E-state index in [1.54, 1.807) is 29.5 Å². The third kappa shape index (κ3) is 3.48. The average Bonchev–Trinajstić information content (AvgIpc) is 2.89. The maximum atomic E-state index is 9.60. The number of thiophene rings is 1. The van der Waals surface area contributed by atoms with Crippen molar-refractivity contribution in [1.29, 1.82) is 0 Å². The Morgan fingerprint density at radius 3 is 2.72 bits per heavy atom. The Labute approximate surface area is 111 Å². The maximum Gasteiger partial charge on any atom is 0.160 e. The molecule has 0 fully saturated rings. The SMILES string of the molecule is NCC(COc1ccccc1O)Cc1cccs1. The predicted molar refractivity (Wildman–Crippen MR) is 74.2 cm³/mol. The molecule has 0 bridgehead atoms. The summed E-state index contributed by atoms with van der Waals surface area (Å²) in [5, 5.41) is 11.7. The first-order chi connectivity index (χ1) is 8.79. The minimum atomic E-state index is 0.171. The summed E-state index contributed by atoms with van der Waals surface area (Å²) in [6.07, 6.45) is 0.918. The van der Waals surface area contributed by atoms with Gasteiger partial charge in [-0.25, -0.2) is 0 Å². The summed E-state index contributed by atoms with van der Waals surface area (Å²) < 4.78 is 5.61. The third-order valence-corrected chi connectivity index (χ3v) is 3.64. The fourth-order valence-electron chi connectivity index (χ4n) is 1.71. The van der Waals surface area contributed by atoms with E-state index in [9.17, 15) is 5.11 Å². The van der Waals surface area contributed by atoms with E-state index in [-0.39, 0.29) is 11.7 Å². The van der Waals surface area contributed by atoms with Crippen molar-refractivity contribution in [2.45, 2.75) is 6.42 Å². The Morgan fingerprint density at radius 2 is 2.06 bits per heavy atom. The molecule has 0 radical (unpaired) electrons. The van der Waals surface area contributed by atoms with Gasteiger partial charge in [0, 0.05) is 10.8 Å². The predicted octanol–water partition coefficient (Wildman–Crippen LogP) is 2.65. The lowest BCUT2D eigenvalue weighted by Crippen LogP contribution is -2.23. The van der Waals surface area contributed by atoms with Crippen LogP contribution in [0.15, 0.2) is 41.8 Å². The topological polar surface area (TPSA) is 55.5 Å². The lowest BCUT2D eigenvalue weighted by molar-refractivity contribution is 0.243. The number of hydrogen-bond donors (Lipinski definition) is 2. The molecule has 4 heteroatoms. The molecule has 1 unspecified atom stereocenters. The molecule has 0 aliphatic rings. The number of para-hydroxylation sites is 2. The number of ether oxygens (including phenoxy) is 1. The molecule has 0 aliphatic carbocycles. The summed E-state index contributed by atoms with van der Waals surface area (Å²) in [5.74, 6) is 0.954. The van der Waals surface area contributed by atoms with Gasteiger partial charge in [0.15, 0.2) is 11.5 Å². The summed E-state index contributed by atoms with van der Waals surface area (Å²) in [5.41, 5.74) is 5.75. The molecule has 3 N–H and O–H groups in total. The monoisotopic (exact) mass is 263 g/mol. The number of aromatic hydroxyl groups is 1. The molecular formula is C14H17NO2S. The van der Waals surface area contributed by atoms with Crippen LogP contribution in [0.2, 0.25) is 0 Å². The quantitative estimate of drug-likeness (QED) is 0.842. The van der Waals surface area contributed by atoms with Crippen molar-refractivity contribution in [3.05, 3.63) is 46.7 Å². The van der Waals surface area contributed by atoms with E-state index in [0.29, 0.717) is 18.9 Å². The zero-order chi connectivity index (χ0) is 12.8. The van der Waals surface area contributed by atoms with Crippen molar-refractivity contribution in [2.75, 3.05) is 13.2 Å². The smallest absolute Gasteiger partial charge is 0.160 e. The minimum absolute atomic E-state index is 0.171. The van der Waals surface area contributed by atoms with Gasteiger partial charge in [0.2, 0.25) is 0 Å². The van der Waals surface area contributed by atoms with Crippen molar-refractivity contribution in [3.63, 3.8) is 0 Å². The van der Waals surface area contributed by atoms with Crippen molar-refractivity contribution in [2.24, 2.45) is 11.7 Å². The van der Waals surface area contributed by atoms with Gasteiger partial charge in [0.05, 0.1) is 6.61 Å². The van der Waals surface area contributed by atoms with Crippen LogP contribution in [0, 0.1) is 5.92 Å². The van der Waals surface area contributed by atoms with E-state index in [1.165, 1.54) is 4.88 Å². The third-order valence-electron chi connectivity index (χ3n) is 2.74. The van der Waals surface area contributed by atoms with E-state index < -0.39 is 0 Å². The maximum absolute atomic E-state index is 9.60. The van der Waals surface area contributed by atoms with E-state index in [4.69, 9.17) is 10.5 Å². The van der Waals surface area contributed by atoms with Crippen LogP contribution in [-0.2, 0) is 6.42 Å². The molecule has 0 saturated heterocycles. The van der Waals surface area contributed by atoms with Crippen LogP contribution in [0.3, 0.4) is 0 Å². The first-order valence-corrected chi connectivity index (χ1v) is 6.81. The second-order valence-corrected chi connectivity index (χ2v) is 5.20. The molecule has 0 aliphatic heterocycles. The highest BCUT2D eigenvalue weighted by Crippen LogP contribution is 2.25. The summed E-state index contributed by atoms with van der Waals surface area (Å²) >= 11 is 1.73. The van der Waals surface area contributed by atoms with Crippen LogP contribution >= 0.6 is 11.3 Å². The molecule has 2 aromatic rings. The van der Waals surface area contributed by atoms with Crippen LogP contribution in [0.4, 0.5) is 0 Å². The summed E-state index contributed by atoms with van der Waals surface area (Å²) in [4.78, 5) is 1.31. The average molecular weight is 263 g/mol. The zero-order valence-corrected chi connectivity index (χ0v) is 10.9. The largest absolute Gasteiger partial charge is 0.504 e. The van der Waals surface area contributed by atoms with E-state index >= 15 is 0 Å². The van der Waals surface area contributed by atoms with Crippen LogP contribution in [0.1, 0.15) is 4.88 Å². The van der Waals surface area contributed by atoms with Gasteiger partial charge in [0.1, 0.15) is 0 Å². The molecule has 1 aromatic heterocycles. The Morgan fingerprint density at radius 1 is 1.22 bits per heavy atom. The lowest BCUT2D eigenvalue weighted by Gasteiger charge is -2.15. The van der Waals surface area contributed by atoms with E-state index in [0.717, 1.165) is 6.42 Å². The van der Waals surface area contributed by atoms with Crippen molar-refractivity contribution in [1.82, 2.24) is 0 Å². The van der Waals surface area contributed by atoms with Gasteiger partial charge in [-0.15, -0.1) is 11.3 Å². The standard InChI is InChI=1S/C14H17NO2S/c15-9-11(8-12-4-3-7-18-12)10-17-14-6-2-1-5-13(14)16/h1-7,11,16H,8-10,15H2. The van der Waals surface area contributed by atoms with Crippen LogP contribution < -0.4 is 10.5 Å². The van der Waals surface area contributed by atoms with E-state index in [2.05, 4.69) is 11.4 Å². The number of benzene rings is 1. The molecule has 3 nitrogen and oxygen atoms in total. The molecule has 1 aromatic carbocycles. The Hall–Kier alpha value is -1.52. The molecule has 1 atom stereocenters. The van der Waals surface area contributed by atoms with Gasteiger partial charge in [0.25, 0.3) is 0 Å². The highest BCUT2D eigenvalue weighted by Gasteiger charge is 2.11. The molecule has 18 heavy (non-hydrogen) atoms. The van der Waals surface area contributed by atoms with Crippen LogP contribution in [-0.4, -0.2) is 18.3 Å². The second kappa shape index (κ2) is 6.42. The van der Waals surface area contributed by atoms with Crippen LogP contribution in [0.5, 0.6) is 11.5 Å². The molecule has 96 valence electrons. The molecule has 0 amide bonds. The molecule has 1 heterocycles. The molecular weight excluding hydrogens is 246 g/mol. The van der Waals surface area contributed by atoms with E-state index in [1.807, 2.05) is 12.1 Å². The molecule has 0 saturated carbocycles. The first kappa shape index (κ1) is 12.9. The Balaban J connectivity index is 1.89. The minimum Gasteiger partial charge on any atom is -0.504 e. The zero-order valence-electron chi connectivity index (χ0n) is 10.1. The molecule has 2 rings (SSSR count).